The molecular formula is C17H23N3S. The van der Waals surface area contributed by atoms with Crippen LogP contribution in [0.15, 0.2) is 37.1 Å². The summed E-state index contributed by atoms with van der Waals surface area (Å²) >= 11 is 1.85. The lowest BCUT2D eigenvalue weighted by molar-refractivity contribution is 0.284. The van der Waals surface area contributed by atoms with Crippen LogP contribution in [0, 0.1) is 6.92 Å². The van der Waals surface area contributed by atoms with Gasteiger partial charge in [0.2, 0.25) is 0 Å². The molecule has 0 amide bonds. The van der Waals surface area contributed by atoms with E-state index in [1.807, 2.05) is 29.7 Å². The quantitative estimate of drug-likeness (QED) is 0.719. The predicted molar refractivity (Wildman–Crippen MR) is 89.5 cm³/mol. The smallest absolute Gasteiger partial charge is 0.131 e. The van der Waals surface area contributed by atoms with E-state index in [1.165, 1.54) is 9.75 Å². The molecular weight excluding hydrogens is 278 g/mol. The molecule has 0 saturated heterocycles. The molecule has 0 spiro atoms. The lowest BCUT2D eigenvalue weighted by Gasteiger charge is -2.19. The number of hydrogen-bond acceptors (Lipinski definition) is 4. The zero-order valence-corrected chi connectivity index (χ0v) is 13.9. The Labute approximate surface area is 131 Å². The van der Waals surface area contributed by atoms with Crippen molar-refractivity contribution in [1.29, 1.82) is 0 Å². The van der Waals surface area contributed by atoms with Crippen LogP contribution in [-0.2, 0) is 13.1 Å². The molecule has 0 aromatic carbocycles. The van der Waals surface area contributed by atoms with Gasteiger partial charge in [-0.1, -0.05) is 19.9 Å². The van der Waals surface area contributed by atoms with Crippen LogP contribution in [0.2, 0.25) is 0 Å². The van der Waals surface area contributed by atoms with E-state index in [1.54, 1.807) is 0 Å². The normalized spacial score (nSPS) is 11.3. The molecule has 4 heteroatoms. The van der Waals surface area contributed by atoms with E-state index in [9.17, 15) is 0 Å². The first-order chi connectivity index (χ1) is 10.1. The van der Waals surface area contributed by atoms with Crippen molar-refractivity contribution in [2.75, 3.05) is 6.54 Å². The van der Waals surface area contributed by atoms with Crippen molar-refractivity contribution in [3.63, 3.8) is 0 Å². The zero-order valence-electron chi connectivity index (χ0n) is 13.0. The third kappa shape index (κ3) is 4.76. The van der Waals surface area contributed by atoms with Gasteiger partial charge in [-0.15, -0.1) is 17.9 Å². The van der Waals surface area contributed by atoms with Crippen LogP contribution < -0.4 is 0 Å². The van der Waals surface area contributed by atoms with Crippen LogP contribution in [0.5, 0.6) is 0 Å². The highest BCUT2D eigenvalue weighted by atomic mass is 32.1. The average molecular weight is 301 g/mol. The number of rotatable bonds is 7. The van der Waals surface area contributed by atoms with E-state index in [2.05, 4.69) is 54.4 Å². The molecule has 0 atom stereocenters. The molecule has 0 N–H and O–H groups in total. The molecule has 0 saturated carbocycles. The molecule has 0 radical (unpaired) electrons. The second-order valence-corrected chi connectivity index (χ2v) is 6.90. The number of hydrogen-bond donors (Lipinski definition) is 0. The van der Waals surface area contributed by atoms with Crippen LogP contribution in [0.1, 0.15) is 41.0 Å². The maximum absolute atomic E-state index is 4.66. The summed E-state index contributed by atoms with van der Waals surface area (Å²) < 4.78 is 0. The molecule has 0 unspecified atom stereocenters. The lowest BCUT2D eigenvalue weighted by Crippen LogP contribution is -2.23. The molecule has 0 fully saturated rings. The van der Waals surface area contributed by atoms with Crippen molar-refractivity contribution in [1.82, 2.24) is 14.9 Å². The van der Waals surface area contributed by atoms with E-state index in [0.29, 0.717) is 5.92 Å². The van der Waals surface area contributed by atoms with Gasteiger partial charge in [-0.05, 0) is 25.1 Å². The summed E-state index contributed by atoms with van der Waals surface area (Å²) in [6.45, 7) is 12.9. The van der Waals surface area contributed by atoms with Gasteiger partial charge in [-0.25, -0.2) is 9.97 Å². The third-order valence-electron chi connectivity index (χ3n) is 3.20. The fraction of sp³-hybridized carbons (Fsp3) is 0.412. The first-order valence-corrected chi connectivity index (χ1v) is 8.10. The number of thiophene rings is 1. The second kappa shape index (κ2) is 7.48. The van der Waals surface area contributed by atoms with Crippen molar-refractivity contribution < 1.29 is 0 Å². The summed E-state index contributed by atoms with van der Waals surface area (Å²) in [5, 5.41) is 0. The lowest BCUT2D eigenvalue weighted by atomic mass is 10.2. The summed E-state index contributed by atoms with van der Waals surface area (Å²) in [6, 6.07) is 6.38. The molecule has 2 heterocycles. The maximum atomic E-state index is 4.66. The topological polar surface area (TPSA) is 29.0 Å². The van der Waals surface area contributed by atoms with Crippen LogP contribution in [-0.4, -0.2) is 21.4 Å². The van der Waals surface area contributed by atoms with Gasteiger partial charge in [-0.3, -0.25) is 4.90 Å². The minimum absolute atomic E-state index is 0.359. The molecule has 112 valence electrons. The van der Waals surface area contributed by atoms with Crippen molar-refractivity contribution >= 4 is 11.3 Å². The summed E-state index contributed by atoms with van der Waals surface area (Å²) in [5.41, 5.74) is 1.07. The van der Waals surface area contributed by atoms with Gasteiger partial charge in [-0.2, -0.15) is 0 Å². The van der Waals surface area contributed by atoms with Gasteiger partial charge in [0.25, 0.3) is 0 Å². The monoisotopic (exact) mass is 301 g/mol. The molecule has 2 aromatic heterocycles. The fourth-order valence-corrected chi connectivity index (χ4v) is 3.10. The van der Waals surface area contributed by atoms with E-state index in [4.69, 9.17) is 0 Å². The summed E-state index contributed by atoms with van der Waals surface area (Å²) in [7, 11) is 0. The Morgan fingerprint density at radius 3 is 2.71 bits per heavy atom. The summed E-state index contributed by atoms with van der Waals surface area (Å²) in [4.78, 5) is 14.1. The van der Waals surface area contributed by atoms with E-state index >= 15 is 0 Å². The SMILES string of the molecule is C=CCN(Cc1ccnc(C(C)C)n1)Cc1ccc(C)s1. The summed E-state index contributed by atoms with van der Waals surface area (Å²) in [6.07, 6.45) is 3.81. The molecule has 0 aliphatic rings. The van der Waals surface area contributed by atoms with Gasteiger partial charge in [0.05, 0.1) is 5.69 Å². The highest BCUT2D eigenvalue weighted by molar-refractivity contribution is 7.11. The first-order valence-electron chi connectivity index (χ1n) is 7.29. The van der Waals surface area contributed by atoms with Crippen molar-refractivity contribution in [2.24, 2.45) is 0 Å². The summed E-state index contributed by atoms with van der Waals surface area (Å²) in [5.74, 6) is 1.27. The van der Waals surface area contributed by atoms with Gasteiger partial charge in [0, 0.05) is 41.5 Å². The van der Waals surface area contributed by atoms with Crippen LogP contribution in [0.25, 0.3) is 0 Å². The Balaban J connectivity index is 2.08. The Hall–Kier alpha value is -1.52. The van der Waals surface area contributed by atoms with Crippen molar-refractivity contribution in [3.8, 4) is 0 Å². The standard InChI is InChI=1S/C17H23N3S/c1-5-10-20(12-16-7-6-14(4)21-16)11-15-8-9-18-17(19-15)13(2)3/h5-9,13H,1,10-12H2,2-4H3. The Bertz CT molecular complexity index is 589. The van der Waals surface area contributed by atoms with Gasteiger partial charge in [0.1, 0.15) is 5.82 Å². The largest absolute Gasteiger partial charge is 0.289 e. The highest BCUT2D eigenvalue weighted by Crippen LogP contribution is 2.18. The minimum Gasteiger partial charge on any atom is -0.289 e. The Kier molecular flexibility index (Phi) is 5.65. The maximum Gasteiger partial charge on any atom is 0.131 e. The van der Waals surface area contributed by atoms with Crippen molar-refractivity contribution in [3.05, 3.63) is 58.3 Å². The fourth-order valence-electron chi connectivity index (χ4n) is 2.17. The number of aromatic nitrogens is 2. The Morgan fingerprint density at radius 2 is 2.10 bits per heavy atom. The molecule has 0 aliphatic carbocycles. The van der Waals surface area contributed by atoms with Gasteiger partial charge >= 0.3 is 0 Å². The number of aryl methyl sites for hydroxylation is 1. The molecule has 21 heavy (non-hydrogen) atoms. The minimum atomic E-state index is 0.359. The third-order valence-corrected chi connectivity index (χ3v) is 4.18. The predicted octanol–water partition coefficient (Wildman–Crippen LogP) is 4.16. The Morgan fingerprint density at radius 1 is 1.29 bits per heavy atom. The molecule has 2 rings (SSSR count). The van der Waals surface area contributed by atoms with E-state index in [-0.39, 0.29) is 0 Å². The van der Waals surface area contributed by atoms with Crippen LogP contribution in [0.4, 0.5) is 0 Å². The molecule has 0 aliphatic heterocycles. The first kappa shape index (κ1) is 15.9. The second-order valence-electron chi connectivity index (χ2n) is 5.53. The van der Waals surface area contributed by atoms with Gasteiger partial charge < -0.3 is 0 Å². The van der Waals surface area contributed by atoms with E-state index < -0.39 is 0 Å². The molecule has 3 nitrogen and oxygen atoms in total. The number of nitrogens with zero attached hydrogens (tertiary/aromatic N) is 3. The van der Waals surface area contributed by atoms with Crippen LogP contribution >= 0.6 is 11.3 Å². The average Bonchev–Trinajstić information content (AvgIpc) is 2.84. The molecule has 0 bridgehead atoms. The molecule has 2 aromatic rings. The highest BCUT2D eigenvalue weighted by Gasteiger charge is 2.10. The zero-order chi connectivity index (χ0) is 15.2. The van der Waals surface area contributed by atoms with Crippen molar-refractivity contribution in [2.45, 2.75) is 39.8 Å². The van der Waals surface area contributed by atoms with Crippen LogP contribution in [0.3, 0.4) is 0 Å². The van der Waals surface area contributed by atoms with Gasteiger partial charge in [0.15, 0.2) is 0 Å². The van der Waals surface area contributed by atoms with E-state index in [0.717, 1.165) is 31.2 Å².